The van der Waals surface area contributed by atoms with Gasteiger partial charge in [-0.2, -0.15) is 0 Å². The Labute approximate surface area is 128 Å². The van der Waals surface area contributed by atoms with Crippen LogP contribution in [-0.4, -0.2) is 36.8 Å². The van der Waals surface area contributed by atoms with Gasteiger partial charge in [0.15, 0.2) is 11.5 Å². The summed E-state index contributed by atoms with van der Waals surface area (Å²) in [5.74, 6) is 0.840. The fraction of sp³-hybridized carbons (Fsp3) is 0.250. The SMILES string of the molecule is COc1ccccc1Oc1ccc(N(C)CCC(=O)O)cn1. The maximum Gasteiger partial charge on any atom is 0.305 e. The van der Waals surface area contributed by atoms with Crippen LogP contribution in [0.25, 0.3) is 0 Å². The minimum atomic E-state index is -0.823. The largest absolute Gasteiger partial charge is 0.493 e. The van der Waals surface area contributed by atoms with Gasteiger partial charge in [-0.3, -0.25) is 4.79 Å². The zero-order valence-electron chi connectivity index (χ0n) is 12.5. The summed E-state index contributed by atoms with van der Waals surface area (Å²) in [6, 6.07) is 10.9. The van der Waals surface area contributed by atoms with Gasteiger partial charge in [0, 0.05) is 19.7 Å². The van der Waals surface area contributed by atoms with Crippen molar-refractivity contribution < 1.29 is 19.4 Å². The standard InChI is InChI=1S/C16H18N2O4/c1-18(10-9-16(19)20)12-7-8-15(17-11-12)22-14-6-4-3-5-13(14)21-2/h3-8,11H,9-10H2,1-2H3,(H,19,20). The Hall–Kier alpha value is -2.76. The highest BCUT2D eigenvalue weighted by Crippen LogP contribution is 2.30. The van der Waals surface area contributed by atoms with Crippen molar-refractivity contribution in [3.8, 4) is 17.4 Å². The molecule has 0 aliphatic carbocycles. The number of aliphatic carboxylic acids is 1. The van der Waals surface area contributed by atoms with E-state index in [4.69, 9.17) is 14.6 Å². The lowest BCUT2D eigenvalue weighted by molar-refractivity contribution is -0.136. The molecule has 22 heavy (non-hydrogen) atoms. The van der Waals surface area contributed by atoms with E-state index in [9.17, 15) is 4.79 Å². The molecule has 0 amide bonds. The number of carboxylic acid groups (broad SMARTS) is 1. The maximum atomic E-state index is 10.6. The number of carboxylic acids is 1. The summed E-state index contributed by atoms with van der Waals surface area (Å²) >= 11 is 0. The second-order valence-electron chi connectivity index (χ2n) is 4.67. The van der Waals surface area contributed by atoms with Crippen molar-refractivity contribution in [3.05, 3.63) is 42.6 Å². The fourth-order valence-corrected chi connectivity index (χ4v) is 1.87. The van der Waals surface area contributed by atoms with Gasteiger partial charge in [0.1, 0.15) is 0 Å². The van der Waals surface area contributed by atoms with E-state index in [2.05, 4.69) is 4.98 Å². The molecule has 0 saturated heterocycles. The number of rotatable bonds is 7. The normalized spacial score (nSPS) is 10.1. The zero-order valence-corrected chi connectivity index (χ0v) is 12.5. The van der Waals surface area contributed by atoms with E-state index in [0.717, 1.165) is 5.69 Å². The molecule has 0 atom stereocenters. The number of pyridine rings is 1. The van der Waals surface area contributed by atoms with Crippen LogP contribution >= 0.6 is 0 Å². The quantitative estimate of drug-likeness (QED) is 0.848. The molecular formula is C16H18N2O4. The van der Waals surface area contributed by atoms with Crippen LogP contribution in [0.1, 0.15) is 6.42 Å². The van der Waals surface area contributed by atoms with E-state index >= 15 is 0 Å². The average Bonchev–Trinajstić information content (AvgIpc) is 2.54. The Morgan fingerprint density at radius 2 is 1.95 bits per heavy atom. The van der Waals surface area contributed by atoms with Gasteiger partial charge in [-0.05, 0) is 18.2 Å². The Bertz CT molecular complexity index is 628. The van der Waals surface area contributed by atoms with Gasteiger partial charge in [-0.25, -0.2) is 4.98 Å². The molecular weight excluding hydrogens is 284 g/mol. The second-order valence-corrected chi connectivity index (χ2v) is 4.67. The van der Waals surface area contributed by atoms with Crippen LogP contribution in [0.15, 0.2) is 42.6 Å². The first-order valence-electron chi connectivity index (χ1n) is 6.80. The number of benzene rings is 1. The molecule has 1 N–H and O–H groups in total. The molecule has 0 bridgehead atoms. The van der Waals surface area contributed by atoms with Gasteiger partial charge < -0.3 is 19.5 Å². The number of hydrogen-bond acceptors (Lipinski definition) is 5. The Morgan fingerprint density at radius 1 is 1.23 bits per heavy atom. The predicted molar refractivity (Wildman–Crippen MR) is 82.8 cm³/mol. The van der Waals surface area contributed by atoms with Gasteiger partial charge in [0.05, 0.1) is 25.4 Å². The Balaban J connectivity index is 2.04. The summed E-state index contributed by atoms with van der Waals surface area (Å²) in [6.45, 7) is 0.420. The van der Waals surface area contributed by atoms with Crippen molar-refractivity contribution >= 4 is 11.7 Å². The van der Waals surface area contributed by atoms with E-state index in [1.807, 2.05) is 36.2 Å². The van der Waals surface area contributed by atoms with Crippen molar-refractivity contribution in [1.29, 1.82) is 0 Å². The number of anilines is 1. The highest BCUT2D eigenvalue weighted by Gasteiger charge is 2.07. The minimum Gasteiger partial charge on any atom is -0.493 e. The van der Waals surface area contributed by atoms with Gasteiger partial charge in [-0.1, -0.05) is 12.1 Å². The lowest BCUT2D eigenvalue weighted by Crippen LogP contribution is -2.20. The lowest BCUT2D eigenvalue weighted by Gasteiger charge is -2.18. The predicted octanol–water partition coefficient (Wildman–Crippen LogP) is 2.79. The number of ether oxygens (including phenoxy) is 2. The average molecular weight is 302 g/mol. The molecule has 0 saturated carbocycles. The first-order valence-corrected chi connectivity index (χ1v) is 6.80. The Morgan fingerprint density at radius 3 is 2.55 bits per heavy atom. The molecule has 0 fully saturated rings. The maximum absolute atomic E-state index is 10.6. The third-order valence-electron chi connectivity index (χ3n) is 3.11. The molecule has 1 aromatic carbocycles. The molecule has 116 valence electrons. The first kappa shape index (κ1) is 15.6. The lowest BCUT2D eigenvalue weighted by atomic mass is 10.3. The van der Waals surface area contributed by atoms with E-state index in [1.165, 1.54) is 0 Å². The van der Waals surface area contributed by atoms with Crippen LogP contribution in [0.4, 0.5) is 5.69 Å². The minimum absolute atomic E-state index is 0.0793. The van der Waals surface area contributed by atoms with Gasteiger partial charge in [0.25, 0.3) is 0 Å². The molecule has 1 aromatic heterocycles. The van der Waals surface area contributed by atoms with Crippen LogP contribution in [-0.2, 0) is 4.79 Å². The second kappa shape index (κ2) is 7.31. The number of aromatic nitrogens is 1. The van der Waals surface area contributed by atoms with Gasteiger partial charge in [0.2, 0.25) is 5.88 Å². The molecule has 0 spiro atoms. The number of hydrogen-bond donors (Lipinski definition) is 1. The van der Waals surface area contributed by atoms with E-state index in [1.54, 1.807) is 25.4 Å². The molecule has 0 aliphatic heterocycles. The van der Waals surface area contributed by atoms with Crippen molar-refractivity contribution in [2.24, 2.45) is 0 Å². The summed E-state index contributed by atoms with van der Waals surface area (Å²) in [6.07, 6.45) is 1.72. The highest BCUT2D eigenvalue weighted by molar-refractivity contribution is 5.67. The topological polar surface area (TPSA) is 71.9 Å². The van der Waals surface area contributed by atoms with Crippen molar-refractivity contribution in [2.45, 2.75) is 6.42 Å². The van der Waals surface area contributed by atoms with Crippen molar-refractivity contribution in [1.82, 2.24) is 4.98 Å². The Kier molecular flexibility index (Phi) is 5.19. The molecule has 0 radical (unpaired) electrons. The van der Waals surface area contributed by atoms with E-state index in [-0.39, 0.29) is 6.42 Å². The van der Waals surface area contributed by atoms with Crippen LogP contribution < -0.4 is 14.4 Å². The summed E-state index contributed by atoms with van der Waals surface area (Å²) in [4.78, 5) is 16.6. The molecule has 0 unspecified atom stereocenters. The third kappa shape index (κ3) is 4.12. The van der Waals surface area contributed by atoms with E-state index < -0.39 is 5.97 Å². The van der Waals surface area contributed by atoms with Crippen molar-refractivity contribution in [3.63, 3.8) is 0 Å². The summed E-state index contributed by atoms with van der Waals surface area (Å²) in [5, 5.41) is 8.69. The monoisotopic (exact) mass is 302 g/mol. The number of nitrogens with zero attached hydrogens (tertiary/aromatic N) is 2. The third-order valence-corrected chi connectivity index (χ3v) is 3.11. The molecule has 1 heterocycles. The summed E-state index contributed by atoms with van der Waals surface area (Å²) in [5.41, 5.74) is 0.827. The van der Waals surface area contributed by atoms with Crippen molar-refractivity contribution in [2.75, 3.05) is 25.6 Å². The molecule has 6 heteroatoms. The summed E-state index contributed by atoms with van der Waals surface area (Å²) in [7, 11) is 3.40. The van der Waals surface area contributed by atoms with E-state index in [0.29, 0.717) is 23.9 Å². The number of para-hydroxylation sites is 2. The van der Waals surface area contributed by atoms with Crippen LogP contribution in [0.5, 0.6) is 17.4 Å². The van der Waals surface area contributed by atoms with Crippen LogP contribution in [0, 0.1) is 0 Å². The molecule has 2 aromatic rings. The molecule has 0 aliphatic rings. The van der Waals surface area contributed by atoms with Crippen LogP contribution in [0.2, 0.25) is 0 Å². The molecule has 2 rings (SSSR count). The fourth-order valence-electron chi connectivity index (χ4n) is 1.87. The van der Waals surface area contributed by atoms with Gasteiger partial charge in [-0.15, -0.1) is 0 Å². The molecule has 6 nitrogen and oxygen atoms in total. The zero-order chi connectivity index (χ0) is 15.9. The van der Waals surface area contributed by atoms with Gasteiger partial charge >= 0.3 is 5.97 Å². The highest BCUT2D eigenvalue weighted by atomic mass is 16.5. The number of methoxy groups -OCH3 is 1. The number of carbonyl (C=O) groups is 1. The van der Waals surface area contributed by atoms with Crippen LogP contribution in [0.3, 0.4) is 0 Å². The smallest absolute Gasteiger partial charge is 0.305 e. The summed E-state index contributed by atoms with van der Waals surface area (Å²) < 4.78 is 10.9. The first-order chi connectivity index (χ1) is 10.6.